The van der Waals surface area contributed by atoms with Gasteiger partial charge < -0.3 is 15.1 Å². The molecule has 0 aromatic heterocycles. The summed E-state index contributed by atoms with van der Waals surface area (Å²) < 4.78 is 0. The van der Waals surface area contributed by atoms with Gasteiger partial charge in [0.05, 0.1) is 0 Å². The van der Waals surface area contributed by atoms with Crippen LogP contribution in [0.25, 0.3) is 0 Å². The summed E-state index contributed by atoms with van der Waals surface area (Å²) in [4.78, 5) is 17.1. The van der Waals surface area contributed by atoms with Crippen molar-refractivity contribution in [2.24, 2.45) is 11.3 Å². The Bertz CT molecular complexity index is 359. The lowest BCUT2D eigenvalue weighted by molar-refractivity contribution is -0.135. The third-order valence-corrected chi connectivity index (χ3v) is 5.53. The normalized spacial score (nSPS) is 30.5. The Balaban J connectivity index is 0.00000110. The Morgan fingerprint density at radius 3 is 2.52 bits per heavy atom. The lowest BCUT2D eigenvalue weighted by Crippen LogP contribution is -2.48. The van der Waals surface area contributed by atoms with Crippen LogP contribution in [0.15, 0.2) is 0 Å². The molecular formula is C15H29Cl2N3O. The van der Waals surface area contributed by atoms with Gasteiger partial charge in [-0.2, -0.15) is 0 Å². The first kappa shape index (κ1) is 19.0. The fraction of sp³-hybridized carbons (Fsp3) is 0.933. The summed E-state index contributed by atoms with van der Waals surface area (Å²) >= 11 is 0. The molecule has 6 heteroatoms. The zero-order valence-corrected chi connectivity index (χ0v) is 14.8. The molecule has 0 aromatic carbocycles. The van der Waals surface area contributed by atoms with Gasteiger partial charge in [-0.05, 0) is 64.7 Å². The van der Waals surface area contributed by atoms with Gasteiger partial charge in [-0.1, -0.05) is 0 Å². The number of halogens is 2. The van der Waals surface area contributed by atoms with Crippen molar-refractivity contribution >= 4 is 30.7 Å². The van der Waals surface area contributed by atoms with E-state index in [9.17, 15) is 4.79 Å². The van der Waals surface area contributed by atoms with Crippen molar-refractivity contribution in [3.8, 4) is 0 Å². The third-order valence-electron chi connectivity index (χ3n) is 5.53. The predicted molar refractivity (Wildman–Crippen MR) is 90.4 cm³/mol. The summed E-state index contributed by atoms with van der Waals surface area (Å²) in [7, 11) is 4.26. The number of piperidine rings is 2. The van der Waals surface area contributed by atoms with Gasteiger partial charge in [0, 0.05) is 25.0 Å². The number of rotatable bonds is 2. The summed E-state index contributed by atoms with van der Waals surface area (Å²) in [5.41, 5.74) is 0.382. The molecule has 1 N–H and O–H groups in total. The number of carbonyl (C=O) groups excluding carboxylic acids is 1. The van der Waals surface area contributed by atoms with Crippen LogP contribution in [-0.2, 0) is 4.79 Å². The Morgan fingerprint density at radius 2 is 1.90 bits per heavy atom. The summed E-state index contributed by atoms with van der Waals surface area (Å²) in [5, 5.41) is 3.41. The van der Waals surface area contributed by atoms with Crippen LogP contribution >= 0.6 is 24.8 Å². The molecule has 2 heterocycles. The van der Waals surface area contributed by atoms with Gasteiger partial charge in [-0.3, -0.25) is 4.79 Å². The zero-order chi connectivity index (χ0) is 13.5. The molecule has 3 rings (SSSR count). The minimum absolute atomic E-state index is 0. The summed E-state index contributed by atoms with van der Waals surface area (Å²) in [6.07, 6.45) is 5.95. The molecule has 0 aromatic rings. The van der Waals surface area contributed by atoms with Gasteiger partial charge in [0.15, 0.2) is 0 Å². The molecule has 2 atom stereocenters. The highest BCUT2D eigenvalue weighted by atomic mass is 35.5. The van der Waals surface area contributed by atoms with E-state index in [1.807, 2.05) is 0 Å². The molecule has 0 bridgehead atoms. The number of nitrogens with one attached hydrogen (secondary N) is 1. The van der Waals surface area contributed by atoms with Crippen LogP contribution in [0.2, 0.25) is 0 Å². The second kappa shape index (κ2) is 7.49. The maximum Gasteiger partial charge on any atom is 0.226 e. The molecule has 4 nitrogen and oxygen atoms in total. The van der Waals surface area contributed by atoms with Crippen molar-refractivity contribution in [1.29, 1.82) is 0 Å². The van der Waals surface area contributed by atoms with E-state index in [1.165, 1.54) is 19.3 Å². The average molecular weight is 338 g/mol. The van der Waals surface area contributed by atoms with Gasteiger partial charge in [0.2, 0.25) is 5.91 Å². The summed E-state index contributed by atoms with van der Waals surface area (Å²) in [6.45, 7) is 4.12. The van der Waals surface area contributed by atoms with E-state index < -0.39 is 0 Å². The van der Waals surface area contributed by atoms with Crippen molar-refractivity contribution in [1.82, 2.24) is 15.1 Å². The predicted octanol–water partition coefficient (Wildman–Crippen LogP) is 1.77. The second-order valence-electron chi connectivity index (χ2n) is 6.91. The third kappa shape index (κ3) is 3.84. The highest BCUT2D eigenvalue weighted by molar-refractivity contribution is 5.85. The molecule has 1 aliphatic carbocycles. The van der Waals surface area contributed by atoms with Crippen molar-refractivity contribution in [3.63, 3.8) is 0 Å². The fourth-order valence-corrected chi connectivity index (χ4v) is 3.97. The number of likely N-dealkylation sites (N-methyl/N-ethyl adjacent to an activating group) is 1. The Morgan fingerprint density at radius 1 is 1.24 bits per heavy atom. The van der Waals surface area contributed by atoms with Crippen molar-refractivity contribution in [3.05, 3.63) is 0 Å². The number of likely N-dealkylation sites (tertiary alicyclic amines) is 1. The Hall–Kier alpha value is -0.0300. The monoisotopic (exact) mass is 337 g/mol. The van der Waals surface area contributed by atoms with Gasteiger partial charge in [0.1, 0.15) is 0 Å². The number of hydrogen-bond donors (Lipinski definition) is 1. The van der Waals surface area contributed by atoms with E-state index in [0.717, 1.165) is 39.0 Å². The van der Waals surface area contributed by atoms with Crippen LogP contribution < -0.4 is 5.32 Å². The van der Waals surface area contributed by atoms with Gasteiger partial charge >= 0.3 is 0 Å². The molecule has 1 saturated carbocycles. The van der Waals surface area contributed by atoms with Crippen molar-refractivity contribution in [2.45, 2.75) is 38.1 Å². The van der Waals surface area contributed by atoms with E-state index in [0.29, 0.717) is 23.3 Å². The number of amides is 1. The van der Waals surface area contributed by atoms with Gasteiger partial charge in [-0.25, -0.2) is 0 Å². The molecule has 0 radical (unpaired) electrons. The minimum Gasteiger partial charge on any atom is -0.341 e. The molecule has 1 amide bonds. The number of hydrogen-bond acceptors (Lipinski definition) is 3. The maximum absolute atomic E-state index is 12.7. The molecular weight excluding hydrogens is 309 g/mol. The van der Waals surface area contributed by atoms with E-state index in [4.69, 9.17) is 0 Å². The SMILES string of the molecule is CN(C)C1CCCN(C(=O)C2CC23CCNCC3)C1.Cl.Cl. The average Bonchev–Trinajstić information content (AvgIpc) is 3.12. The Labute approximate surface area is 140 Å². The Kier molecular flexibility index (Phi) is 6.79. The van der Waals surface area contributed by atoms with Crippen molar-refractivity contribution in [2.75, 3.05) is 40.3 Å². The first-order valence-corrected chi connectivity index (χ1v) is 7.78. The molecule has 2 unspecified atom stereocenters. The second-order valence-corrected chi connectivity index (χ2v) is 6.91. The highest BCUT2D eigenvalue weighted by Crippen LogP contribution is 2.59. The quantitative estimate of drug-likeness (QED) is 0.834. The van der Waals surface area contributed by atoms with E-state index in [2.05, 4.69) is 29.2 Å². The zero-order valence-electron chi connectivity index (χ0n) is 13.1. The molecule has 124 valence electrons. The largest absolute Gasteiger partial charge is 0.341 e. The van der Waals surface area contributed by atoms with Crippen molar-refractivity contribution < 1.29 is 4.79 Å². The van der Waals surface area contributed by atoms with Crippen LogP contribution in [0, 0.1) is 11.3 Å². The van der Waals surface area contributed by atoms with Gasteiger partial charge in [0.25, 0.3) is 0 Å². The van der Waals surface area contributed by atoms with Crippen LogP contribution in [0.3, 0.4) is 0 Å². The van der Waals surface area contributed by atoms with E-state index >= 15 is 0 Å². The minimum atomic E-state index is 0. The first-order valence-electron chi connectivity index (χ1n) is 7.78. The van der Waals surface area contributed by atoms with Crippen LogP contribution in [-0.4, -0.2) is 62.0 Å². The topological polar surface area (TPSA) is 35.6 Å². The highest BCUT2D eigenvalue weighted by Gasteiger charge is 2.58. The molecule has 3 fully saturated rings. The van der Waals surface area contributed by atoms with Crippen LogP contribution in [0.4, 0.5) is 0 Å². The smallest absolute Gasteiger partial charge is 0.226 e. The number of nitrogens with zero attached hydrogens (tertiary/aromatic N) is 2. The van der Waals surface area contributed by atoms with Crippen LogP contribution in [0.5, 0.6) is 0 Å². The lowest BCUT2D eigenvalue weighted by atomic mass is 9.91. The molecule has 2 saturated heterocycles. The van der Waals surface area contributed by atoms with E-state index in [-0.39, 0.29) is 24.8 Å². The lowest BCUT2D eigenvalue weighted by Gasteiger charge is -2.37. The standard InChI is InChI=1S/C15H27N3O.2ClH/c1-17(2)12-4-3-9-18(11-12)14(19)13-10-15(13)5-7-16-8-6-15;;/h12-13,16H,3-11H2,1-2H3;2*1H. The molecule has 2 aliphatic heterocycles. The maximum atomic E-state index is 12.7. The first-order chi connectivity index (χ1) is 9.12. The molecule has 1 spiro atoms. The molecule has 3 aliphatic rings. The fourth-order valence-electron chi connectivity index (χ4n) is 3.97. The van der Waals surface area contributed by atoms with Crippen LogP contribution in [0.1, 0.15) is 32.1 Å². The van der Waals surface area contributed by atoms with E-state index in [1.54, 1.807) is 0 Å². The summed E-state index contributed by atoms with van der Waals surface area (Å²) in [5.74, 6) is 0.795. The molecule has 21 heavy (non-hydrogen) atoms. The number of carbonyl (C=O) groups is 1. The van der Waals surface area contributed by atoms with Gasteiger partial charge in [-0.15, -0.1) is 24.8 Å². The summed E-state index contributed by atoms with van der Waals surface area (Å²) in [6, 6.07) is 0.556.